The lowest BCUT2D eigenvalue weighted by molar-refractivity contribution is 0.0813. The van der Waals surface area contributed by atoms with Crippen LogP contribution in [0.25, 0.3) is 0 Å². The minimum Gasteiger partial charge on any atom is -0.455 e. The highest BCUT2D eigenvalue weighted by Gasteiger charge is 2.44. The first-order chi connectivity index (χ1) is 12.3. The number of rotatable bonds is 1. The van der Waals surface area contributed by atoms with Gasteiger partial charge in [0.15, 0.2) is 0 Å². The van der Waals surface area contributed by atoms with Gasteiger partial charge < -0.3 is 15.0 Å². The second kappa shape index (κ2) is 5.88. The summed E-state index contributed by atoms with van der Waals surface area (Å²) in [5.74, 6) is 0. The number of amidine groups is 1. The molecular formula is C21H23N3O. The molecule has 1 N–H and O–H groups in total. The number of nitrogens with zero attached hydrogens (tertiary/aromatic N) is 2. The van der Waals surface area contributed by atoms with Crippen molar-refractivity contribution in [2.45, 2.75) is 24.5 Å². The van der Waals surface area contributed by atoms with Crippen molar-refractivity contribution in [3.05, 3.63) is 71.3 Å². The first kappa shape index (κ1) is 15.0. The molecule has 3 heterocycles. The van der Waals surface area contributed by atoms with E-state index in [0.29, 0.717) is 0 Å². The van der Waals surface area contributed by atoms with E-state index in [-0.39, 0.29) is 11.6 Å². The summed E-state index contributed by atoms with van der Waals surface area (Å²) in [4.78, 5) is 7.19. The molecule has 3 aliphatic rings. The molecule has 128 valence electrons. The standard InChI is InChI=1S/C21H23N3O/c1-2-7-17(8-3-1)19-18-9-5-4-6-16(18)10-13-24(19)20-23-15-21(25-20)11-12-22-14-21/h1-9,19,22H,10-15H2/t19-,21?/m0/s1. The van der Waals surface area contributed by atoms with Crippen molar-refractivity contribution in [1.29, 1.82) is 0 Å². The second-order valence-corrected chi connectivity index (χ2v) is 7.27. The number of aliphatic imine (C=N–C) groups is 1. The monoisotopic (exact) mass is 333 g/mol. The molecule has 0 bridgehead atoms. The molecule has 0 saturated carbocycles. The second-order valence-electron chi connectivity index (χ2n) is 7.27. The van der Waals surface area contributed by atoms with Crippen LogP contribution in [0.4, 0.5) is 0 Å². The molecule has 3 aliphatic heterocycles. The Balaban J connectivity index is 1.53. The SMILES string of the molecule is c1ccc([C@H]2c3ccccc3CCN2C2=NCC3(CCNC3)O2)cc1. The Bertz CT molecular complexity index is 796. The van der Waals surface area contributed by atoms with Crippen LogP contribution in [0.5, 0.6) is 0 Å². The third-order valence-electron chi connectivity index (χ3n) is 5.66. The topological polar surface area (TPSA) is 36.9 Å². The quantitative estimate of drug-likeness (QED) is 0.872. The predicted octanol–water partition coefficient (Wildman–Crippen LogP) is 2.75. The van der Waals surface area contributed by atoms with Gasteiger partial charge in [-0.25, -0.2) is 4.99 Å². The highest BCUT2D eigenvalue weighted by Crippen LogP contribution is 2.37. The molecule has 5 rings (SSSR count). The van der Waals surface area contributed by atoms with E-state index in [4.69, 9.17) is 9.73 Å². The van der Waals surface area contributed by atoms with Crippen molar-refractivity contribution in [1.82, 2.24) is 10.2 Å². The van der Waals surface area contributed by atoms with Crippen molar-refractivity contribution in [3.63, 3.8) is 0 Å². The Morgan fingerprint density at radius 2 is 1.92 bits per heavy atom. The molecule has 1 spiro atoms. The first-order valence-electron chi connectivity index (χ1n) is 9.18. The summed E-state index contributed by atoms with van der Waals surface area (Å²) in [6, 6.07) is 20.5. The lowest BCUT2D eigenvalue weighted by Crippen LogP contribution is -2.44. The van der Waals surface area contributed by atoms with Crippen molar-refractivity contribution in [3.8, 4) is 0 Å². The Labute approximate surface area is 148 Å². The molecule has 4 heteroatoms. The van der Waals surface area contributed by atoms with E-state index in [2.05, 4.69) is 64.8 Å². The maximum absolute atomic E-state index is 6.43. The van der Waals surface area contributed by atoms with E-state index in [1.165, 1.54) is 16.7 Å². The zero-order chi connectivity index (χ0) is 16.7. The Morgan fingerprint density at radius 1 is 1.08 bits per heavy atom. The van der Waals surface area contributed by atoms with Crippen LogP contribution < -0.4 is 5.32 Å². The van der Waals surface area contributed by atoms with E-state index >= 15 is 0 Å². The van der Waals surface area contributed by atoms with Gasteiger partial charge in [-0.2, -0.15) is 0 Å². The highest BCUT2D eigenvalue weighted by atomic mass is 16.5. The van der Waals surface area contributed by atoms with Gasteiger partial charge in [-0.1, -0.05) is 54.6 Å². The molecule has 0 radical (unpaired) electrons. The lowest BCUT2D eigenvalue weighted by atomic mass is 9.88. The number of nitrogens with one attached hydrogen (secondary N) is 1. The van der Waals surface area contributed by atoms with Crippen LogP contribution in [-0.2, 0) is 11.2 Å². The summed E-state index contributed by atoms with van der Waals surface area (Å²) in [5.41, 5.74) is 3.99. The predicted molar refractivity (Wildman–Crippen MR) is 98.7 cm³/mol. The molecule has 0 amide bonds. The molecule has 25 heavy (non-hydrogen) atoms. The molecular weight excluding hydrogens is 310 g/mol. The number of hydrogen-bond donors (Lipinski definition) is 1. The van der Waals surface area contributed by atoms with E-state index < -0.39 is 0 Å². The molecule has 1 fully saturated rings. The third kappa shape index (κ3) is 2.52. The molecule has 1 unspecified atom stereocenters. The zero-order valence-corrected chi connectivity index (χ0v) is 14.3. The van der Waals surface area contributed by atoms with Crippen LogP contribution in [0.1, 0.15) is 29.2 Å². The van der Waals surface area contributed by atoms with Gasteiger partial charge in [0.25, 0.3) is 6.02 Å². The van der Waals surface area contributed by atoms with Crippen LogP contribution in [0.15, 0.2) is 59.6 Å². The van der Waals surface area contributed by atoms with Crippen molar-refractivity contribution < 1.29 is 4.74 Å². The third-order valence-corrected chi connectivity index (χ3v) is 5.66. The van der Waals surface area contributed by atoms with E-state index in [1.54, 1.807) is 0 Å². The van der Waals surface area contributed by atoms with Crippen molar-refractivity contribution >= 4 is 6.02 Å². The molecule has 4 nitrogen and oxygen atoms in total. The summed E-state index contributed by atoms with van der Waals surface area (Å²) in [6.45, 7) is 3.64. The fraction of sp³-hybridized carbons (Fsp3) is 0.381. The van der Waals surface area contributed by atoms with E-state index in [9.17, 15) is 0 Å². The van der Waals surface area contributed by atoms with Gasteiger partial charge in [0.1, 0.15) is 5.60 Å². The summed E-state index contributed by atoms with van der Waals surface area (Å²) >= 11 is 0. The fourth-order valence-electron chi connectivity index (χ4n) is 4.33. The maximum Gasteiger partial charge on any atom is 0.288 e. The van der Waals surface area contributed by atoms with Crippen LogP contribution in [0, 0.1) is 0 Å². The average molecular weight is 333 g/mol. The van der Waals surface area contributed by atoms with Crippen molar-refractivity contribution in [2.24, 2.45) is 4.99 Å². The van der Waals surface area contributed by atoms with Crippen LogP contribution in [-0.4, -0.2) is 42.7 Å². The summed E-state index contributed by atoms with van der Waals surface area (Å²) in [5, 5.41) is 3.42. The van der Waals surface area contributed by atoms with Gasteiger partial charge in [-0.3, -0.25) is 0 Å². The zero-order valence-electron chi connectivity index (χ0n) is 14.3. The van der Waals surface area contributed by atoms with Crippen LogP contribution in [0.2, 0.25) is 0 Å². The van der Waals surface area contributed by atoms with Gasteiger partial charge in [-0.05, 0) is 29.7 Å². The smallest absolute Gasteiger partial charge is 0.288 e. The Morgan fingerprint density at radius 3 is 2.76 bits per heavy atom. The maximum atomic E-state index is 6.43. The summed E-state index contributed by atoms with van der Waals surface area (Å²) in [7, 11) is 0. The van der Waals surface area contributed by atoms with Gasteiger partial charge >= 0.3 is 0 Å². The lowest BCUT2D eigenvalue weighted by Gasteiger charge is -2.39. The largest absolute Gasteiger partial charge is 0.455 e. The minimum absolute atomic E-state index is 0.118. The highest BCUT2D eigenvalue weighted by molar-refractivity contribution is 5.78. The molecule has 2 atom stereocenters. The van der Waals surface area contributed by atoms with Gasteiger partial charge in [0.2, 0.25) is 0 Å². The van der Waals surface area contributed by atoms with Crippen LogP contribution >= 0.6 is 0 Å². The number of fused-ring (bicyclic) bond motifs is 1. The Hall–Kier alpha value is -2.33. The number of ether oxygens (including phenoxy) is 1. The molecule has 0 aliphatic carbocycles. The first-order valence-corrected chi connectivity index (χ1v) is 9.18. The van der Waals surface area contributed by atoms with E-state index in [1.807, 2.05) is 0 Å². The summed E-state index contributed by atoms with van der Waals surface area (Å²) in [6.07, 6.45) is 2.08. The molecule has 1 saturated heterocycles. The number of hydrogen-bond acceptors (Lipinski definition) is 4. The average Bonchev–Trinajstić information content (AvgIpc) is 3.31. The molecule has 2 aromatic carbocycles. The van der Waals surface area contributed by atoms with Crippen LogP contribution in [0.3, 0.4) is 0 Å². The van der Waals surface area contributed by atoms with Gasteiger partial charge in [0, 0.05) is 19.5 Å². The number of benzene rings is 2. The molecule has 2 aromatic rings. The Kier molecular flexibility index (Phi) is 3.52. The van der Waals surface area contributed by atoms with Gasteiger partial charge in [0.05, 0.1) is 12.6 Å². The minimum atomic E-state index is -0.118. The van der Waals surface area contributed by atoms with Gasteiger partial charge in [-0.15, -0.1) is 0 Å². The van der Waals surface area contributed by atoms with Crippen molar-refractivity contribution in [2.75, 3.05) is 26.2 Å². The fourth-order valence-corrected chi connectivity index (χ4v) is 4.33. The molecule has 0 aromatic heterocycles. The summed E-state index contributed by atoms with van der Waals surface area (Å²) < 4.78 is 6.43. The van der Waals surface area contributed by atoms with E-state index in [0.717, 1.165) is 45.0 Å². The normalized spacial score (nSPS) is 27.9.